The lowest BCUT2D eigenvalue weighted by molar-refractivity contribution is -0.162. The number of hydrogen-bond acceptors (Lipinski definition) is 5. The van der Waals surface area contributed by atoms with E-state index >= 15 is 0 Å². The van der Waals surface area contributed by atoms with Crippen LogP contribution in [0.5, 0.6) is 0 Å². The quantitative estimate of drug-likeness (QED) is 0.475. The van der Waals surface area contributed by atoms with Crippen molar-refractivity contribution in [1.82, 2.24) is 0 Å². The van der Waals surface area contributed by atoms with Crippen molar-refractivity contribution < 1.29 is 19.5 Å². The van der Waals surface area contributed by atoms with E-state index in [4.69, 9.17) is 9.57 Å². The normalized spacial score (nSPS) is 29.7. The average molecular weight is 309 g/mol. The summed E-state index contributed by atoms with van der Waals surface area (Å²) in [7, 11) is 0. The first kappa shape index (κ1) is 16.8. The van der Waals surface area contributed by atoms with Crippen molar-refractivity contribution >= 4 is 11.7 Å². The fourth-order valence-electron chi connectivity index (χ4n) is 3.24. The maximum atomic E-state index is 12.5. The summed E-state index contributed by atoms with van der Waals surface area (Å²) >= 11 is 0. The highest BCUT2D eigenvalue weighted by molar-refractivity contribution is 6.20. The molecule has 5 nitrogen and oxygen atoms in total. The summed E-state index contributed by atoms with van der Waals surface area (Å²) in [4.78, 5) is 17.5. The first-order valence-corrected chi connectivity index (χ1v) is 8.36. The third-order valence-electron chi connectivity index (χ3n) is 4.56. The topological polar surface area (TPSA) is 68.1 Å². The zero-order valence-corrected chi connectivity index (χ0v) is 13.9. The molecule has 1 spiro atoms. The summed E-state index contributed by atoms with van der Waals surface area (Å²) in [6.45, 7) is 6.47. The molecule has 0 saturated heterocycles. The zero-order valence-electron chi connectivity index (χ0n) is 13.9. The van der Waals surface area contributed by atoms with Crippen molar-refractivity contribution in [3.63, 3.8) is 0 Å². The molecule has 0 aromatic heterocycles. The Labute approximate surface area is 132 Å². The van der Waals surface area contributed by atoms with Crippen LogP contribution in [0.3, 0.4) is 0 Å². The van der Waals surface area contributed by atoms with E-state index in [0.29, 0.717) is 31.1 Å². The average Bonchev–Trinajstić information content (AvgIpc) is 2.47. The van der Waals surface area contributed by atoms with Crippen LogP contribution in [0, 0.1) is 5.92 Å². The maximum absolute atomic E-state index is 12.5. The van der Waals surface area contributed by atoms with Gasteiger partial charge in [0.1, 0.15) is 23.5 Å². The number of ether oxygens (including phenoxy) is 1. The molecule has 0 atom stereocenters. The SMILES string of the molecule is CCC/C(=N\OCC)C1=C(O)CC2(CCC(C)CC2)OC1=O. The first-order chi connectivity index (χ1) is 10.5. The molecule has 5 heteroatoms. The molecule has 1 fully saturated rings. The van der Waals surface area contributed by atoms with Crippen LogP contribution in [0.2, 0.25) is 0 Å². The van der Waals surface area contributed by atoms with Gasteiger partial charge in [0.05, 0.1) is 5.71 Å². The lowest BCUT2D eigenvalue weighted by atomic mass is 9.75. The van der Waals surface area contributed by atoms with E-state index in [1.54, 1.807) is 0 Å². The van der Waals surface area contributed by atoms with Gasteiger partial charge in [0.25, 0.3) is 0 Å². The van der Waals surface area contributed by atoms with Gasteiger partial charge in [0.15, 0.2) is 0 Å². The molecule has 1 N–H and O–H groups in total. The molecule has 1 aliphatic heterocycles. The van der Waals surface area contributed by atoms with E-state index in [1.807, 2.05) is 13.8 Å². The molecule has 0 radical (unpaired) electrons. The molecule has 0 unspecified atom stereocenters. The van der Waals surface area contributed by atoms with Crippen molar-refractivity contribution in [2.45, 2.75) is 71.3 Å². The van der Waals surface area contributed by atoms with Crippen LogP contribution in [0.4, 0.5) is 0 Å². The largest absolute Gasteiger partial charge is 0.511 e. The highest BCUT2D eigenvalue weighted by Gasteiger charge is 2.44. The van der Waals surface area contributed by atoms with Crippen molar-refractivity contribution in [3.8, 4) is 0 Å². The van der Waals surface area contributed by atoms with Gasteiger partial charge in [-0.2, -0.15) is 0 Å². The lowest BCUT2D eigenvalue weighted by Crippen LogP contribution is -2.44. The van der Waals surface area contributed by atoms with E-state index < -0.39 is 11.6 Å². The monoisotopic (exact) mass is 309 g/mol. The third-order valence-corrected chi connectivity index (χ3v) is 4.56. The smallest absolute Gasteiger partial charge is 0.344 e. The summed E-state index contributed by atoms with van der Waals surface area (Å²) in [6.07, 6.45) is 5.51. The number of oxime groups is 1. The number of hydrogen-bond donors (Lipinski definition) is 1. The Hall–Kier alpha value is -1.52. The molecular formula is C17H27NO4. The number of aliphatic hydroxyl groups is 1. The van der Waals surface area contributed by atoms with Gasteiger partial charge >= 0.3 is 5.97 Å². The number of rotatable bonds is 5. The third kappa shape index (κ3) is 3.62. The Balaban J connectivity index is 2.23. The molecular weight excluding hydrogens is 282 g/mol. The van der Waals surface area contributed by atoms with E-state index in [9.17, 15) is 9.90 Å². The van der Waals surface area contributed by atoms with Crippen molar-refractivity contribution in [3.05, 3.63) is 11.3 Å². The van der Waals surface area contributed by atoms with Gasteiger partial charge in [-0.1, -0.05) is 25.4 Å². The molecule has 1 aliphatic carbocycles. The number of carbonyl (C=O) groups excluding carboxylic acids is 1. The fraction of sp³-hybridized carbons (Fsp3) is 0.765. The molecule has 1 saturated carbocycles. The summed E-state index contributed by atoms with van der Waals surface area (Å²) in [5, 5.41) is 14.5. The van der Waals surface area contributed by atoms with E-state index in [2.05, 4.69) is 12.1 Å². The summed E-state index contributed by atoms with van der Waals surface area (Å²) in [5.74, 6) is 0.315. The van der Waals surface area contributed by atoms with Gasteiger partial charge in [-0.05, 0) is 44.9 Å². The van der Waals surface area contributed by atoms with Crippen LogP contribution >= 0.6 is 0 Å². The van der Waals surface area contributed by atoms with Gasteiger partial charge in [-0.3, -0.25) is 0 Å². The molecule has 1 heterocycles. The number of esters is 1. The summed E-state index contributed by atoms with van der Waals surface area (Å²) in [5.41, 5.74) is 0.186. The Kier molecular flexibility index (Phi) is 5.48. The summed E-state index contributed by atoms with van der Waals surface area (Å²) in [6, 6.07) is 0. The molecule has 0 amide bonds. The second-order valence-corrected chi connectivity index (χ2v) is 6.46. The molecule has 2 aliphatic rings. The van der Waals surface area contributed by atoms with Crippen LogP contribution < -0.4 is 0 Å². The van der Waals surface area contributed by atoms with Gasteiger partial charge < -0.3 is 14.7 Å². The molecule has 0 aromatic carbocycles. The van der Waals surface area contributed by atoms with Gasteiger partial charge in [0, 0.05) is 6.42 Å². The van der Waals surface area contributed by atoms with Crippen LogP contribution in [0.1, 0.15) is 65.7 Å². The minimum absolute atomic E-state index is 0.109. The van der Waals surface area contributed by atoms with Crippen molar-refractivity contribution in [2.75, 3.05) is 6.61 Å². The fourth-order valence-corrected chi connectivity index (χ4v) is 3.24. The standard InChI is InChI=1S/C17H27NO4/c1-4-6-13(18-21-5-2)15-14(19)11-17(22-16(15)20)9-7-12(3)8-10-17/h12,19H,4-11H2,1-3H3/b18-13+. The molecule has 2 rings (SSSR count). The van der Waals surface area contributed by atoms with Gasteiger partial charge in [0.2, 0.25) is 0 Å². The lowest BCUT2D eigenvalue weighted by Gasteiger charge is -2.41. The molecule has 0 aromatic rings. The van der Waals surface area contributed by atoms with Gasteiger partial charge in [-0.25, -0.2) is 4.79 Å². The summed E-state index contributed by atoms with van der Waals surface area (Å²) < 4.78 is 5.76. The van der Waals surface area contributed by atoms with Crippen LogP contribution in [-0.2, 0) is 14.4 Å². The predicted octanol–water partition coefficient (Wildman–Crippen LogP) is 3.89. The molecule has 22 heavy (non-hydrogen) atoms. The van der Waals surface area contributed by atoms with Crippen molar-refractivity contribution in [1.29, 1.82) is 0 Å². The van der Waals surface area contributed by atoms with Crippen LogP contribution in [0.15, 0.2) is 16.5 Å². The zero-order chi connectivity index (χ0) is 16.2. The van der Waals surface area contributed by atoms with Crippen molar-refractivity contribution in [2.24, 2.45) is 11.1 Å². The maximum Gasteiger partial charge on any atom is 0.344 e. The van der Waals surface area contributed by atoms with Gasteiger partial charge in [-0.15, -0.1) is 0 Å². The molecule has 124 valence electrons. The van der Waals surface area contributed by atoms with Crippen LogP contribution in [0.25, 0.3) is 0 Å². The number of aliphatic hydroxyl groups excluding tert-OH is 1. The highest BCUT2D eigenvalue weighted by Crippen LogP contribution is 2.42. The van der Waals surface area contributed by atoms with E-state index in [0.717, 1.165) is 32.1 Å². The van der Waals surface area contributed by atoms with E-state index in [1.165, 1.54) is 0 Å². The Morgan fingerprint density at radius 1 is 1.41 bits per heavy atom. The molecule has 0 bridgehead atoms. The predicted molar refractivity (Wildman–Crippen MR) is 84.7 cm³/mol. The Morgan fingerprint density at radius 3 is 2.64 bits per heavy atom. The van der Waals surface area contributed by atoms with E-state index in [-0.39, 0.29) is 11.3 Å². The Bertz CT molecular complexity index is 473. The Morgan fingerprint density at radius 2 is 2.09 bits per heavy atom. The number of nitrogens with zero attached hydrogens (tertiary/aromatic N) is 1. The van der Waals surface area contributed by atoms with Crippen LogP contribution in [-0.4, -0.2) is 29.0 Å². The minimum Gasteiger partial charge on any atom is -0.511 e. The minimum atomic E-state index is -0.514. The number of carbonyl (C=O) groups is 1. The highest BCUT2D eigenvalue weighted by atomic mass is 16.6. The second-order valence-electron chi connectivity index (χ2n) is 6.46. The first-order valence-electron chi connectivity index (χ1n) is 8.36. The second kappa shape index (κ2) is 7.16.